The summed E-state index contributed by atoms with van der Waals surface area (Å²) in [5, 5.41) is 25.1. The van der Waals surface area contributed by atoms with Crippen molar-refractivity contribution in [2.45, 2.75) is 83.5 Å². The van der Waals surface area contributed by atoms with Crippen LogP contribution in [0.5, 0.6) is 0 Å². The van der Waals surface area contributed by atoms with Gasteiger partial charge in [-0.2, -0.15) is 0 Å². The molecule has 0 fully saturated rings. The molecule has 4 rings (SSSR count). The Labute approximate surface area is 249 Å². The molecule has 5 N–H and O–H groups in total. The second kappa shape index (κ2) is 14.6. The van der Waals surface area contributed by atoms with Crippen molar-refractivity contribution in [2.24, 2.45) is 0 Å². The predicted molar refractivity (Wildman–Crippen MR) is 154 cm³/mol. The van der Waals surface area contributed by atoms with Crippen molar-refractivity contribution in [3.05, 3.63) is 70.8 Å². The number of benzene rings is 1. The molecule has 0 spiro atoms. The zero-order valence-corrected chi connectivity index (χ0v) is 24.5. The predicted octanol–water partition coefficient (Wildman–Crippen LogP) is 1.58. The van der Waals surface area contributed by atoms with Crippen LogP contribution in [-0.4, -0.2) is 63.6 Å². The second-order valence-electron chi connectivity index (χ2n) is 10.7. The van der Waals surface area contributed by atoms with Crippen LogP contribution in [0.3, 0.4) is 0 Å². The second-order valence-corrected chi connectivity index (χ2v) is 10.7. The van der Waals surface area contributed by atoms with Gasteiger partial charge in [0, 0.05) is 24.9 Å². The Morgan fingerprint density at radius 2 is 1.88 bits per heavy atom. The van der Waals surface area contributed by atoms with Gasteiger partial charge in [-0.1, -0.05) is 35.5 Å². The van der Waals surface area contributed by atoms with Gasteiger partial charge in [0.25, 0.3) is 5.91 Å². The number of aliphatic hydroxyl groups excluding tert-OH is 1. The SMILES string of the molecule is Cc1noc(C)c1CCC(=O)N[C@H]1CCCCNC(=O)[C@H]([C@@H](C)O)NC(=O)c2coc(n2)[C@H](Cc2ccccc2)NC1=O. The van der Waals surface area contributed by atoms with Crippen LogP contribution in [0.15, 0.2) is 45.5 Å². The van der Waals surface area contributed by atoms with Crippen LogP contribution >= 0.6 is 0 Å². The summed E-state index contributed by atoms with van der Waals surface area (Å²) < 4.78 is 10.8. The summed E-state index contributed by atoms with van der Waals surface area (Å²) in [4.78, 5) is 56.6. The first-order valence-corrected chi connectivity index (χ1v) is 14.4. The summed E-state index contributed by atoms with van der Waals surface area (Å²) in [5.41, 5.74) is 2.35. The average Bonchev–Trinajstić information content (AvgIpc) is 3.60. The van der Waals surface area contributed by atoms with Crippen LogP contribution in [-0.2, 0) is 27.2 Å². The highest BCUT2D eigenvalue weighted by atomic mass is 16.5. The summed E-state index contributed by atoms with van der Waals surface area (Å²) in [5.74, 6) is -1.27. The standard InChI is InChI=1S/C30H38N6O7/c1-17-21(19(3)43-36-17)12-13-25(38)32-22-11-7-8-14-31-29(41)26(18(2)37)35-28(40)24-16-42-30(34-24)23(33-27(22)39)15-20-9-5-4-6-10-20/h4-6,9-10,16,18,22-23,26,37H,7-8,11-15H2,1-3H3,(H,31,41)(H,32,38)(H,33,39)(H,35,40)/t18-,22+,23+,26+/m1/s1. The van der Waals surface area contributed by atoms with Gasteiger partial charge in [0.15, 0.2) is 5.69 Å². The van der Waals surface area contributed by atoms with Gasteiger partial charge in [-0.25, -0.2) is 4.98 Å². The summed E-state index contributed by atoms with van der Waals surface area (Å²) >= 11 is 0. The Bertz CT molecular complexity index is 1400. The van der Waals surface area contributed by atoms with Gasteiger partial charge in [0.2, 0.25) is 23.6 Å². The van der Waals surface area contributed by atoms with E-state index < -0.39 is 42.0 Å². The van der Waals surface area contributed by atoms with Crippen molar-refractivity contribution in [2.75, 3.05) is 6.54 Å². The van der Waals surface area contributed by atoms with E-state index in [1.54, 1.807) is 6.92 Å². The van der Waals surface area contributed by atoms with E-state index in [-0.39, 0.29) is 30.5 Å². The van der Waals surface area contributed by atoms with Gasteiger partial charge in [0.1, 0.15) is 30.1 Å². The fraction of sp³-hybridized carbons (Fsp3) is 0.467. The highest BCUT2D eigenvalue weighted by Gasteiger charge is 2.30. The van der Waals surface area contributed by atoms with E-state index in [0.717, 1.165) is 23.1 Å². The zero-order valence-electron chi connectivity index (χ0n) is 24.5. The van der Waals surface area contributed by atoms with Gasteiger partial charge >= 0.3 is 0 Å². The fourth-order valence-electron chi connectivity index (χ4n) is 4.92. The molecule has 43 heavy (non-hydrogen) atoms. The minimum Gasteiger partial charge on any atom is -0.446 e. The van der Waals surface area contributed by atoms with E-state index in [2.05, 4.69) is 31.4 Å². The highest BCUT2D eigenvalue weighted by molar-refractivity contribution is 5.96. The van der Waals surface area contributed by atoms with Crippen LogP contribution in [0.1, 0.15) is 77.6 Å². The van der Waals surface area contributed by atoms with Gasteiger partial charge in [-0.15, -0.1) is 0 Å². The van der Waals surface area contributed by atoms with E-state index in [9.17, 15) is 24.3 Å². The van der Waals surface area contributed by atoms with Crippen molar-refractivity contribution >= 4 is 23.6 Å². The number of nitrogens with one attached hydrogen (secondary N) is 4. The maximum Gasteiger partial charge on any atom is 0.273 e. The number of carbonyl (C=O) groups excluding carboxylic acids is 4. The number of hydrogen-bond acceptors (Lipinski definition) is 9. The number of hydrogen-bond donors (Lipinski definition) is 5. The van der Waals surface area contributed by atoms with Crippen molar-refractivity contribution in [1.82, 2.24) is 31.4 Å². The summed E-state index contributed by atoms with van der Waals surface area (Å²) in [6.07, 6.45) is 2.14. The Balaban J connectivity index is 1.57. The lowest BCUT2D eigenvalue weighted by molar-refractivity contribution is -0.129. The number of aliphatic hydroxyl groups is 1. The molecule has 1 aromatic carbocycles. The van der Waals surface area contributed by atoms with Crippen LogP contribution < -0.4 is 21.3 Å². The third kappa shape index (κ3) is 8.51. The number of aryl methyl sites for hydroxylation is 2. The lowest BCUT2D eigenvalue weighted by atomic mass is 10.0. The minimum absolute atomic E-state index is 0.0796. The number of fused-ring (bicyclic) bond motifs is 2. The number of amides is 4. The maximum absolute atomic E-state index is 13.6. The normalized spacial score (nSPS) is 20.9. The van der Waals surface area contributed by atoms with Crippen LogP contribution in [0.25, 0.3) is 0 Å². The molecule has 0 aliphatic carbocycles. The molecule has 230 valence electrons. The van der Waals surface area contributed by atoms with Crippen LogP contribution in [0.4, 0.5) is 0 Å². The molecule has 0 unspecified atom stereocenters. The molecule has 2 aromatic heterocycles. The fourth-order valence-corrected chi connectivity index (χ4v) is 4.92. The quantitative estimate of drug-likeness (QED) is 0.270. The van der Waals surface area contributed by atoms with Gasteiger partial charge in [0.05, 0.1) is 11.8 Å². The zero-order chi connectivity index (χ0) is 30.9. The minimum atomic E-state index is -1.20. The Kier molecular flexibility index (Phi) is 10.7. The summed E-state index contributed by atoms with van der Waals surface area (Å²) in [6, 6.07) is 6.55. The Hall–Kier alpha value is -4.52. The molecule has 1 aliphatic rings. The van der Waals surface area contributed by atoms with E-state index in [0.29, 0.717) is 37.9 Å². The molecule has 0 saturated carbocycles. The molecular weight excluding hydrogens is 556 g/mol. The number of aromatic nitrogens is 2. The average molecular weight is 595 g/mol. The lowest BCUT2D eigenvalue weighted by Gasteiger charge is -2.23. The first-order valence-electron chi connectivity index (χ1n) is 14.4. The van der Waals surface area contributed by atoms with Crippen molar-refractivity contribution < 1.29 is 33.2 Å². The Morgan fingerprint density at radius 1 is 1.12 bits per heavy atom. The maximum atomic E-state index is 13.6. The number of rotatable bonds is 7. The van der Waals surface area contributed by atoms with Crippen molar-refractivity contribution in [3.8, 4) is 0 Å². The monoisotopic (exact) mass is 594 g/mol. The van der Waals surface area contributed by atoms with Gasteiger partial charge < -0.3 is 35.3 Å². The largest absolute Gasteiger partial charge is 0.446 e. The van der Waals surface area contributed by atoms with E-state index in [1.165, 1.54) is 6.92 Å². The molecule has 1 aliphatic heterocycles. The van der Waals surface area contributed by atoms with Gasteiger partial charge in [-0.05, 0) is 52.0 Å². The molecule has 4 atom stereocenters. The molecular formula is C30H38N6O7. The first-order chi connectivity index (χ1) is 20.6. The molecule has 4 amide bonds. The lowest BCUT2D eigenvalue weighted by Crippen LogP contribution is -2.52. The van der Waals surface area contributed by atoms with E-state index in [1.807, 2.05) is 37.3 Å². The number of carbonyl (C=O) groups is 4. The molecule has 13 heteroatoms. The van der Waals surface area contributed by atoms with Crippen molar-refractivity contribution in [1.29, 1.82) is 0 Å². The molecule has 0 saturated heterocycles. The molecule has 3 heterocycles. The summed E-state index contributed by atoms with van der Waals surface area (Å²) in [7, 11) is 0. The van der Waals surface area contributed by atoms with Gasteiger partial charge in [-0.3, -0.25) is 19.2 Å². The molecule has 2 bridgehead atoms. The van der Waals surface area contributed by atoms with Crippen LogP contribution in [0.2, 0.25) is 0 Å². The summed E-state index contributed by atoms with van der Waals surface area (Å²) in [6.45, 7) is 5.25. The van der Waals surface area contributed by atoms with E-state index >= 15 is 0 Å². The van der Waals surface area contributed by atoms with Crippen molar-refractivity contribution in [3.63, 3.8) is 0 Å². The topological polar surface area (TPSA) is 189 Å². The molecule has 0 radical (unpaired) electrons. The number of oxazole rings is 1. The Morgan fingerprint density at radius 3 is 2.58 bits per heavy atom. The number of nitrogens with zero attached hydrogens (tertiary/aromatic N) is 2. The molecule has 13 nitrogen and oxygen atoms in total. The van der Waals surface area contributed by atoms with Crippen LogP contribution in [0, 0.1) is 13.8 Å². The first kappa shape index (κ1) is 31.4. The third-order valence-corrected chi connectivity index (χ3v) is 7.36. The van der Waals surface area contributed by atoms with E-state index in [4.69, 9.17) is 8.94 Å². The third-order valence-electron chi connectivity index (χ3n) is 7.36. The highest BCUT2D eigenvalue weighted by Crippen LogP contribution is 2.20. The smallest absolute Gasteiger partial charge is 0.273 e. The molecule has 3 aromatic rings.